The lowest BCUT2D eigenvalue weighted by molar-refractivity contribution is 0.0987. The SMILES string of the molecule is Cc1c(C(N)=O)[nH]c2c(-c3ccc(Cl)cc3)cc(C#N)cc12.Cc1c(C(N)=O)[nH]c2c(-c3ccc(Cl)cc3)cc(Cl)cc12.Cc1c(C(N)=O)[nH]c2c(-c3ccc(F)cc3)cc(Cl)cc12. The Hall–Kier alpha value is -7.07. The van der Waals surface area contributed by atoms with Gasteiger partial charge in [0.2, 0.25) is 0 Å². The van der Waals surface area contributed by atoms with Crippen molar-refractivity contribution in [2.75, 3.05) is 0 Å². The van der Waals surface area contributed by atoms with Gasteiger partial charge in [0.1, 0.15) is 22.9 Å². The number of halogens is 5. The van der Waals surface area contributed by atoms with Gasteiger partial charge in [0, 0.05) is 52.9 Å². The monoisotopic (exact) mass is 929 g/mol. The van der Waals surface area contributed by atoms with Crippen LogP contribution in [0.5, 0.6) is 0 Å². The highest BCUT2D eigenvalue weighted by atomic mass is 35.5. The molecule has 0 atom stereocenters. The molecule has 0 fully saturated rings. The van der Waals surface area contributed by atoms with Crippen molar-refractivity contribution in [1.82, 2.24) is 15.0 Å². The summed E-state index contributed by atoms with van der Waals surface area (Å²) >= 11 is 24.2. The second-order valence-corrected chi connectivity index (χ2v) is 16.5. The van der Waals surface area contributed by atoms with Gasteiger partial charge in [-0.1, -0.05) is 82.8 Å². The number of aryl methyl sites for hydroxylation is 3. The van der Waals surface area contributed by atoms with Gasteiger partial charge in [-0.25, -0.2) is 4.39 Å². The van der Waals surface area contributed by atoms with Crippen molar-refractivity contribution >= 4 is 96.8 Å². The van der Waals surface area contributed by atoms with Gasteiger partial charge in [-0.15, -0.1) is 0 Å². The minimum atomic E-state index is -0.523. The second-order valence-electron chi connectivity index (χ2n) is 14.8. The van der Waals surface area contributed by atoms with Crippen LogP contribution < -0.4 is 17.2 Å². The Labute approximate surface area is 385 Å². The Kier molecular flexibility index (Phi) is 12.9. The second kappa shape index (κ2) is 18.3. The molecule has 0 unspecified atom stereocenters. The molecule has 0 spiro atoms. The van der Waals surface area contributed by atoms with E-state index in [1.165, 1.54) is 12.1 Å². The molecule has 9 N–H and O–H groups in total. The fourth-order valence-corrected chi connectivity index (χ4v) is 8.27. The molecule has 64 heavy (non-hydrogen) atoms. The van der Waals surface area contributed by atoms with Crippen molar-refractivity contribution in [3.8, 4) is 39.4 Å². The predicted octanol–water partition coefficient (Wildman–Crippen LogP) is 12.4. The van der Waals surface area contributed by atoms with E-state index in [1.54, 1.807) is 48.5 Å². The summed E-state index contributed by atoms with van der Waals surface area (Å²) in [6.45, 7) is 5.47. The number of aromatic nitrogens is 3. The third-order valence-electron chi connectivity index (χ3n) is 10.8. The number of carbonyl (C=O) groups is 3. The van der Waals surface area contributed by atoms with Crippen molar-refractivity contribution in [1.29, 1.82) is 5.26 Å². The predicted molar refractivity (Wildman–Crippen MR) is 256 cm³/mol. The number of nitrogens with zero attached hydrogens (tertiary/aromatic N) is 1. The fraction of sp³-hybridized carbons (Fsp3) is 0.0612. The van der Waals surface area contributed by atoms with Crippen LogP contribution in [0.3, 0.4) is 0 Å². The molecule has 3 aromatic heterocycles. The summed E-state index contributed by atoms with van der Waals surface area (Å²) in [5.74, 6) is -1.83. The number of primary amides is 3. The molecule has 0 radical (unpaired) electrons. The highest BCUT2D eigenvalue weighted by Crippen LogP contribution is 2.37. The largest absolute Gasteiger partial charge is 0.364 e. The third kappa shape index (κ3) is 9.04. The number of aromatic amines is 3. The summed E-state index contributed by atoms with van der Waals surface area (Å²) < 4.78 is 13.1. The van der Waals surface area contributed by atoms with Crippen LogP contribution in [-0.4, -0.2) is 32.7 Å². The lowest BCUT2D eigenvalue weighted by Crippen LogP contribution is -2.12. The standard InChI is InChI=1S/C17H12ClN3O.C16H12Cl2N2O.C16H12ClFN2O/c1-9-13-6-10(8-19)7-14(11-2-4-12(18)5-3-11)16(13)21-15(9)17(20)22;1-8-12-6-11(18)7-13(9-2-4-10(17)5-3-9)15(12)20-14(8)16(19)21;1-8-12-6-10(17)7-13(9-2-4-11(18)5-3-9)15(12)20-14(8)16(19)21/h2-7,21H,1H3,(H2,20,22);2*2-7,20H,1H3,(H2,19,21). The van der Waals surface area contributed by atoms with Crippen LogP contribution in [0, 0.1) is 37.9 Å². The molecule has 15 heteroatoms. The molecular weight excluding hydrogens is 895 g/mol. The first kappa shape index (κ1) is 45.0. The number of amides is 3. The maximum Gasteiger partial charge on any atom is 0.265 e. The Morgan fingerprint density at radius 3 is 1.12 bits per heavy atom. The van der Waals surface area contributed by atoms with E-state index in [0.29, 0.717) is 42.7 Å². The van der Waals surface area contributed by atoms with Crippen LogP contribution in [0.15, 0.2) is 109 Å². The van der Waals surface area contributed by atoms with E-state index in [1.807, 2.05) is 69.3 Å². The summed E-state index contributed by atoms with van der Waals surface area (Å²) in [6, 6.07) is 33.8. The van der Waals surface area contributed by atoms with Crippen LogP contribution in [-0.2, 0) is 0 Å². The van der Waals surface area contributed by atoms with Crippen molar-refractivity contribution < 1.29 is 18.8 Å². The lowest BCUT2D eigenvalue weighted by atomic mass is 9.99. The van der Waals surface area contributed by atoms with E-state index in [0.717, 1.165) is 82.8 Å². The van der Waals surface area contributed by atoms with E-state index in [4.69, 9.17) is 63.6 Å². The minimum Gasteiger partial charge on any atom is -0.364 e. The van der Waals surface area contributed by atoms with Gasteiger partial charge in [-0.05, 0) is 127 Å². The van der Waals surface area contributed by atoms with E-state index in [-0.39, 0.29) is 5.82 Å². The zero-order valence-electron chi connectivity index (χ0n) is 34.2. The Morgan fingerprint density at radius 2 is 0.797 bits per heavy atom. The van der Waals surface area contributed by atoms with Crippen LogP contribution in [0.1, 0.15) is 53.7 Å². The normalized spacial score (nSPS) is 10.9. The molecule has 0 saturated carbocycles. The summed E-state index contributed by atoms with van der Waals surface area (Å²) in [7, 11) is 0. The van der Waals surface area contributed by atoms with E-state index in [9.17, 15) is 24.0 Å². The number of nitrogens with one attached hydrogen (secondary N) is 3. The maximum absolute atomic E-state index is 13.1. The zero-order valence-corrected chi connectivity index (χ0v) is 37.2. The highest BCUT2D eigenvalue weighted by Gasteiger charge is 2.19. The van der Waals surface area contributed by atoms with Crippen molar-refractivity contribution in [2.24, 2.45) is 17.2 Å². The number of rotatable bonds is 6. The van der Waals surface area contributed by atoms with Crippen molar-refractivity contribution in [2.45, 2.75) is 20.8 Å². The molecule has 10 nitrogen and oxygen atoms in total. The first-order chi connectivity index (χ1) is 30.4. The minimum absolute atomic E-state index is 0.308. The Morgan fingerprint density at radius 1 is 0.484 bits per heavy atom. The zero-order chi connectivity index (χ0) is 46.1. The molecule has 3 heterocycles. The highest BCUT2D eigenvalue weighted by molar-refractivity contribution is 6.33. The number of hydrogen-bond acceptors (Lipinski definition) is 4. The smallest absolute Gasteiger partial charge is 0.265 e. The molecular formula is C49H36Cl4FN7O3. The van der Waals surface area contributed by atoms with Gasteiger partial charge in [0.15, 0.2) is 0 Å². The Bertz CT molecular complexity index is 3200. The number of nitrogens with two attached hydrogens (primary N) is 3. The van der Waals surface area contributed by atoms with Crippen LogP contribution in [0.4, 0.5) is 4.39 Å². The summed E-state index contributed by atoms with van der Waals surface area (Å²) in [6.07, 6.45) is 0. The van der Waals surface area contributed by atoms with Gasteiger partial charge in [-0.2, -0.15) is 5.26 Å². The quantitative estimate of drug-likeness (QED) is 0.0964. The number of fused-ring (bicyclic) bond motifs is 3. The molecule has 6 aromatic carbocycles. The summed E-state index contributed by atoms with van der Waals surface area (Å²) in [5, 5.41) is 14.2. The molecule has 0 aliphatic carbocycles. The number of H-pyrrole nitrogens is 3. The van der Waals surface area contributed by atoms with Crippen molar-refractivity contribution in [3.63, 3.8) is 0 Å². The van der Waals surface area contributed by atoms with Gasteiger partial charge in [-0.3, -0.25) is 14.4 Å². The average Bonchev–Trinajstić information content (AvgIpc) is 3.91. The number of hydrogen-bond donors (Lipinski definition) is 6. The number of nitriles is 1. The maximum atomic E-state index is 13.1. The molecule has 320 valence electrons. The lowest BCUT2D eigenvalue weighted by Gasteiger charge is -2.05. The molecule has 0 aliphatic rings. The molecule has 3 amide bonds. The average molecular weight is 932 g/mol. The molecule has 9 aromatic rings. The number of benzene rings is 6. The van der Waals surface area contributed by atoms with Gasteiger partial charge < -0.3 is 32.2 Å². The third-order valence-corrected chi connectivity index (χ3v) is 11.7. The Balaban J connectivity index is 0.000000144. The summed E-state index contributed by atoms with van der Waals surface area (Å²) in [5.41, 5.74) is 27.7. The first-order valence-corrected chi connectivity index (χ1v) is 20.8. The van der Waals surface area contributed by atoms with Crippen LogP contribution in [0.2, 0.25) is 20.1 Å². The first-order valence-electron chi connectivity index (χ1n) is 19.3. The van der Waals surface area contributed by atoms with E-state index < -0.39 is 17.7 Å². The van der Waals surface area contributed by atoms with Gasteiger partial charge >= 0.3 is 0 Å². The van der Waals surface area contributed by atoms with E-state index in [2.05, 4.69) is 21.0 Å². The fourth-order valence-electron chi connectivity index (χ4n) is 7.58. The van der Waals surface area contributed by atoms with E-state index >= 15 is 0 Å². The molecule has 0 saturated heterocycles. The van der Waals surface area contributed by atoms with Gasteiger partial charge in [0.05, 0.1) is 28.2 Å². The molecule has 0 bridgehead atoms. The van der Waals surface area contributed by atoms with Crippen LogP contribution in [0.25, 0.3) is 66.1 Å². The molecule has 0 aliphatic heterocycles. The number of carbonyl (C=O) groups excluding carboxylic acids is 3. The molecule has 9 rings (SSSR count). The van der Waals surface area contributed by atoms with Crippen molar-refractivity contribution in [3.05, 3.63) is 174 Å². The van der Waals surface area contributed by atoms with Gasteiger partial charge in [0.25, 0.3) is 17.7 Å². The summed E-state index contributed by atoms with van der Waals surface area (Å²) in [4.78, 5) is 43.8. The van der Waals surface area contributed by atoms with Crippen LogP contribution >= 0.6 is 46.4 Å². The topological polar surface area (TPSA) is 200 Å².